The molecule has 2 saturated heterocycles. The van der Waals surface area contributed by atoms with E-state index in [1.165, 1.54) is 11.1 Å². The maximum absolute atomic E-state index is 13.0. The number of ether oxygens (including phenoxy) is 1. The van der Waals surface area contributed by atoms with Gasteiger partial charge in [0.15, 0.2) is 5.82 Å². The van der Waals surface area contributed by atoms with E-state index in [0.717, 1.165) is 82.9 Å². The summed E-state index contributed by atoms with van der Waals surface area (Å²) in [7, 11) is 4.21. The molecule has 3 heterocycles. The Bertz CT molecular complexity index is 1110. The summed E-state index contributed by atoms with van der Waals surface area (Å²) < 4.78 is 11.6. The number of carbonyl (C=O) groups excluding carboxylic acids is 1. The standard InChI is InChI=1S/C30H43N5O3.ClH/c1-21(2)28-31-30(38-32-28)34-16-13-22(14-17-34)20-37-27-11-9-24(10-12-27)23-5-7-25(8-6-23)29(36)35-18-15-26(19-35)33(3)4;/h5,9-12,21-22,25-26H,6-8,13-20H2,1-4H3;1H. The molecule has 39 heavy (non-hydrogen) atoms. The zero-order valence-corrected chi connectivity index (χ0v) is 24.7. The van der Waals surface area contributed by atoms with Crippen LogP contribution in [0.4, 0.5) is 6.01 Å². The van der Waals surface area contributed by atoms with Gasteiger partial charge in [-0.15, -0.1) is 12.4 Å². The molecule has 1 aromatic heterocycles. The topological polar surface area (TPSA) is 74.9 Å². The number of rotatable bonds is 8. The van der Waals surface area contributed by atoms with Gasteiger partial charge in [-0.25, -0.2) is 0 Å². The van der Waals surface area contributed by atoms with E-state index >= 15 is 0 Å². The van der Waals surface area contributed by atoms with Crippen molar-refractivity contribution in [1.82, 2.24) is 19.9 Å². The molecule has 8 nitrogen and oxygen atoms in total. The molecule has 0 spiro atoms. The van der Waals surface area contributed by atoms with Gasteiger partial charge in [-0.2, -0.15) is 4.98 Å². The summed E-state index contributed by atoms with van der Waals surface area (Å²) in [5, 5.41) is 4.09. The number of nitrogens with zero attached hydrogens (tertiary/aromatic N) is 5. The van der Waals surface area contributed by atoms with Gasteiger partial charge in [0.05, 0.1) is 6.61 Å². The van der Waals surface area contributed by atoms with Gasteiger partial charge in [0.1, 0.15) is 5.75 Å². The fourth-order valence-corrected chi connectivity index (χ4v) is 5.80. The first-order chi connectivity index (χ1) is 18.4. The van der Waals surface area contributed by atoms with Crippen molar-refractivity contribution < 1.29 is 14.1 Å². The van der Waals surface area contributed by atoms with Crippen molar-refractivity contribution in [3.8, 4) is 5.75 Å². The zero-order chi connectivity index (χ0) is 26.6. The van der Waals surface area contributed by atoms with E-state index in [0.29, 0.717) is 23.9 Å². The van der Waals surface area contributed by atoms with Gasteiger partial charge in [-0.3, -0.25) is 4.79 Å². The van der Waals surface area contributed by atoms with Crippen molar-refractivity contribution in [3.63, 3.8) is 0 Å². The maximum Gasteiger partial charge on any atom is 0.324 e. The lowest BCUT2D eigenvalue weighted by Crippen LogP contribution is -2.38. The minimum absolute atomic E-state index is 0. The third-order valence-electron chi connectivity index (χ3n) is 8.51. The zero-order valence-electron chi connectivity index (χ0n) is 23.8. The molecular formula is C30H44ClN5O3. The number of carbonyl (C=O) groups is 1. The first-order valence-corrected chi connectivity index (χ1v) is 14.3. The highest BCUT2D eigenvalue weighted by Gasteiger charge is 2.32. The van der Waals surface area contributed by atoms with Gasteiger partial charge in [0.2, 0.25) is 5.91 Å². The third-order valence-corrected chi connectivity index (χ3v) is 8.51. The van der Waals surface area contributed by atoms with Crippen LogP contribution in [0.15, 0.2) is 34.9 Å². The van der Waals surface area contributed by atoms with Crippen LogP contribution in [0.25, 0.3) is 5.57 Å². The number of halogens is 1. The number of hydrogen-bond acceptors (Lipinski definition) is 7. The van der Waals surface area contributed by atoms with E-state index in [1.54, 1.807) is 0 Å². The highest BCUT2D eigenvalue weighted by Crippen LogP contribution is 2.33. The molecule has 0 bridgehead atoms. The van der Waals surface area contributed by atoms with Crippen molar-refractivity contribution in [2.24, 2.45) is 11.8 Å². The molecule has 0 radical (unpaired) electrons. The number of anilines is 1. The Kier molecular flexibility index (Phi) is 9.94. The molecule has 5 rings (SSSR count). The fraction of sp³-hybridized carbons (Fsp3) is 0.633. The quantitative estimate of drug-likeness (QED) is 0.438. The summed E-state index contributed by atoms with van der Waals surface area (Å²) in [5.41, 5.74) is 2.59. The largest absolute Gasteiger partial charge is 0.493 e. The van der Waals surface area contributed by atoms with E-state index in [9.17, 15) is 4.79 Å². The van der Waals surface area contributed by atoms with Crippen LogP contribution in [0.3, 0.4) is 0 Å². The molecule has 2 atom stereocenters. The van der Waals surface area contributed by atoms with Gasteiger partial charge < -0.3 is 24.0 Å². The van der Waals surface area contributed by atoms with Gasteiger partial charge in [-0.05, 0) is 81.8 Å². The lowest BCUT2D eigenvalue weighted by molar-refractivity contribution is -0.134. The summed E-state index contributed by atoms with van der Waals surface area (Å²) in [6, 6.07) is 9.63. The van der Waals surface area contributed by atoms with Crippen molar-refractivity contribution in [2.75, 3.05) is 51.8 Å². The molecule has 9 heteroatoms. The maximum atomic E-state index is 13.0. The van der Waals surface area contributed by atoms with E-state index in [4.69, 9.17) is 9.26 Å². The Morgan fingerprint density at radius 1 is 1.10 bits per heavy atom. The van der Waals surface area contributed by atoms with Crippen molar-refractivity contribution >= 4 is 29.9 Å². The smallest absolute Gasteiger partial charge is 0.324 e. The molecule has 2 fully saturated rings. The van der Waals surface area contributed by atoms with E-state index in [1.807, 2.05) is 0 Å². The van der Waals surface area contributed by atoms with Crippen molar-refractivity contribution in [1.29, 1.82) is 0 Å². The van der Waals surface area contributed by atoms with Crippen LogP contribution in [-0.4, -0.2) is 78.8 Å². The first kappa shape index (κ1) is 29.4. The molecular weight excluding hydrogens is 514 g/mol. The summed E-state index contributed by atoms with van der Waals surface area (Å²) in [5.74, 6) is 2.96. The molecule has 2 aromatic rings. The van der Waals surface area contributed by atoms with Gasteiger partial charge in [0.25, 0.3) is 0 Å². The Labute approximate surface area is 239 Å². The Hall–Kier alpha value is -2.58. The molecule has 3 aliphatic rings. The van der Waals surface area contributed by atoms with E-state index in [2.05, 4.69) is 83.1 Å². The number of likely N-dealkylation sites (N-methyl/N-ethyl adjacent to an activating group) is 1. The normalized spacial score (nSPS) is 22.3. The lowest BCUT2D eigenvalue weighted by atomic mass is 9.86. The number of amides is 1. The second-order valence-electron chi connectivity index (χ2n) is 11.7. The molecule has 1 amide bonds. The highest BCUT2D eigenvalue weighted by molar-refractivity contribution is 5.85. The minimum Gasteiger partial charge on any atom is -0.493 e. The average molecular weight is 558 g/mol. The Morgan fingerprint density at radius 3 is 2.44 bits per heavy atom. The van der Waals surface area contributed by atoms with E-state index in [-0.39, 0.29) is 24.2 Å². The number of piperidine rings is 1. The van der Waals surface area contributed by atoms with E-state index < -0.39 is 0 Å². The highest BCUT2D eigenvalue weighted by atomic mass is 35.5. The molecule has 214 valence electrons. The number of benzene rings is 1. The summed E-state index contributed by atoms with van der Waals surface area (Å²) >= 11 is 0. The van der Waals surface area contributed by atoms with Gasteiger partial charge in [-0.1, -0.05) is 37.2 Å². The lowest BCUT2D eigenvalue weighted by Gasteiger charge is -2.30. The second kappa shape index (κ2) is 13.2. The van der Waals surface area contributed by atoms with Crippen molar-refractivity contribution in [3.05, 3.63) is 41.7 Å². The summed E-state index contributed by atoms with van der Waals surface area (Å²) in [6.07, 6.45) is 8.21. The summed E-state index contributed by atoms with van der Waals surface area (Å²) in [4.78, 5) is 24.1. The monoisotopic (exact) mass is 557 g/mol. The Morgan fingerprint density at radius 2 is 1.85 bits per heavy atom. The van der Waals surface area contributed by atoms with Crippen LogP contribution in [0.1, 0.15) is 69.7 Å². The van der Waals surface area contributed by atoms with Crippen LogP contribution in [0.2, 0.25) is 0 Å². The first-order valence-electron chi connectivity index (χ1n) is 14.3. The second-order valence-corrected chi connectivity index (χ2v) is 11.7. The van der Waals surface area contributed by atoms with Crippen LogP contribution < -0.4 is 9.64 Å². The van der Waals surface area contributed by atoms with Gasteiger partial charge >= 0.3 is 6.01 Å². The molecule has 0 saturated carbocycles. The molecule has 0 N–H and O–H groups in total. The van der Waals surface area contributed by atoms with Crippen LogP contribution in [-0.2, 0) is 4.79 Å². The molecule has 1 aromatic carbocycles. The van der Waals surface area contributed by atoms with Crippen LogP contribution >= 0.6 is 12.4 Å². The van der Waals surface area contributed by atoms with Crippen LogP contribution in [0.5, 0.6) is 5.75 Å². The van der Waals surface area contributed by atoms with Crippen molar-refractivity contribution in [2.45, 2.75) is 64.3 Å². The predicted molar refractivity (Wildman–Crippen MR) is 156 cm³/mol. The molecule has 2 aliphatic heterocycles. The number of aromatic nitrogens is 2. The SMILES string of the molecule is CC(C)c1noc(N2CCC(COc3ccc(C4=CCC(C(=O)N5CCC(N(C)C)C5)CC4)cc3)CC2)n1.Cl. The summed E-state index contributed by atoms with van der Waals surface area (Å²) in [6.45, 7) is 8.48. The average Bonchev–Trinajstić information content (AvgIpc) is 3.63. The Balaban J connectivity index is 0.00000353. The molecule has 1 aliphatic carbocycles. The number of hydrogen-bond donors (Lipinski definition) is 0. The molecule has 2 unspecified atom stereocenters. The predicted octanol–water partition coefficient (Wildman–Crippen LogP) is 5.26. The fourth-order valence-electron chi connectivity index (χ4n) is 5.80. The van der Waals surface area contributed by atoms with Gasteiger partial charge in [0, 0.05) is 44.1 Å². The third kappa shape index (κ3) is 7.14. The number of likely N-dealkylation sites (tertiary alicyclic amines) is 1. The number of allylic oxidation sites excluding steroid dienone is 2. The minimum atomic E-state index is 0. The van der Waals surface area contributed by atoms with Crippen LogP contribution in [0, 0.1) is 11.8 Å².